The first-order chi connectivity index (χ1) is 19.9. The highest BCUT2D eigenvalue weighted by Gasteiger charge is 2.70. The number of hydrogen-bond donors (Lipinski definition) is 1. The first kappa shape index (κ1) is 28.7. The largest absolute Gasteiger partial charge is 0.380 e. The van der Waals surface area contributed by atoms with Crippen LogP contribution in [0.3, 0.4) is 0 Å². The monoisotopic (exact) mass is 566 g/mol. The second kappa shape index (κ2) is 9.47. The number of nitrogens with one attached hydrogen (secondary N) is 1. The Kier molecular flexibility index (Phi) is 6.47. The van der Waals surface area contributed by atoms with E-state index < -0.39 is 0 Å². The Morgan fingerprint density at radius 3 is 2.52 bits per heavy atom. The van der Waals surface area contributed by atoms with E-state index in [-0.39, 0.29) is 10.8 Å². The normalized spacial score (nSPS) is 43.4. The van der Waals surface area contributed by atoms with Gasteiger partial charge in [0, 0.05) is 22.0 Å². The van der Waals surface area contributed by atoms with Gasteiger partial charge in [-0.2, -0.15) is 5.26 Å². The maximum atomic E-state index is 9.12. The number of para-hydroxylation sites is 1. The predicted octanol–water partition coefficient (Wildman–Crippen LogP) is 9.77. The molecule has 5 aliphatic rings. The topological polar surface area (TPSA) is 48.8 Å². The number of fused-ring (bicyclic) bond motifs is 10. The number of hydrogen-bond acceptors (Lipinski definition) is 2. The maximum absolute atomic E-state index is 9.12. The molecule has 1 aromatic carbocycles. The minimum absolute atomic E-state index is 0.152. The van der Waals surface area contributed by atoms with Gasteiger partial charge in [-0.3, -0.25) is 0 Å². The van der Waals surface area contributed by atoms with Crippen molar-refractivity contribution in [3.63, 3.8) is 0 Å². The lowest BCUT2D eigenvalue weighted by molar-refractivity contribution is -0.229. The van der Waals surface area contributed by atoms with Gasteiger partial charge < -0.3 is 9.72 Å². The zero-order valence-corrected chi connectivity index (χ0v) is 27.2. The van der Waals surface area contributed by atoms with E-state index in [9.17, 15) is 0 Å². The van der Waals surface area contributed by atoms with Crippen LogP contribution in [0.15, 0.2) is 36.4 Å². The average Bonchev–Trinajstić information content (AvgIpc) is 3.51. The summed E-state index contributed by atoms with van der Waals surface area (Å²) < 4.78 is 6.31. The van der Waals surface area contributed by atoms with Gasteiger partial charge in [0.2, 0.25) is 0 Å². The van der Waals surface area contributed by atoms with Gasteiger partial charge in [-0.05, 0) is 128 Å². The average molecular weight is 567 g/mol. The Bertz CT molecular complexity index is 1440. The number of ether oxygens (including phenoxy) is 1. The lowest BCUT2D eigenvalue weighted by Crippen LogP contribution is -2.66. The maximum Gasteiger partial charge on any atom is 0.0645 e. The summed E-state index contributed by atoms with van der Waals surface area (Å²) in [4.78, 5) is 3.92. The van der Waals surface area contributed by atoms with Crippen LogP contribution >= 0.6 is 0 Å². The number of nitriles is 1. The van der Waals surface area contributed by atoms with Gasteiger partial charge in [0.05, 0.1) is 25.7 Å². The van der Waals surface area contributed by atoms with E-state index in [2.05, 4.69) is 83.4 Å². The highest BCUT2D eigenvalue weighted by Crippen LogP contribution is 2.77. The lowest BCUT2D eigenvalue weighted by Gasteiger charge is -2.72. The molecule has 1 heterocycles. The van der Waals surface area contributed by atoms with Crippen molar-refractivity contribution in [1.29, 1.82) is 5.26 Å². The fourth-order valence-electron chi connectivity index (χ4n) is 13.2. The molecule has 0 unspecified atom stereocenters. The highest BCUT2D eigenvalue weighted by molar-refractivity contribution is 5.85. The van der Waals surface area contributed by atoms with Crippen molar-refractivity contribution in [3.8, 4) is 6.07 Å². The minimum Gasteiger partial charge on any atom is -0.380 e. The summed E-state index contributed by atoms with van der Waals surface area (Å²) in [5, 5.41) is 10.6. The molecule has 9 atom stereocenters. The Morgan fingerprint density at radius 1 is 0.976 bits per heavy atom. The van der Waals surface area contributed by atoms with E-state index in [0.717, 1.165) is 18.4 Å². The van der Waals surface area contributed by atoms with Crippen molar-refractivity contribution in [3.05, 3.63) is 47.7 Å². The Labute approximate surface area is 254 Å². The van der Waals surface area contributed by atoms with Crippen LogP contribution in [0, 0.1) is 62.6 Å². The molecule has 1 N–H and O–H groups in total. The second-order valence-electron chi connectivity index (χ2n) is 16.9. The fourth-order valence-corrected chi connectivity index (χ4v) is 13.2. The van der Waals surface area contributed by atoms with E-state index in [1.165, 1.54) is 80.0 Å². The third kappa shape index (κ3) is 3.60. The number of rotatable bonds is 5. The zero-order valence-electron chi connectivity index (χ0n) is 27.2. The molecular weight excluding hydrogens is 512 g/mol. The Hall–Kier alpha value is -2.05. The Balaban J connectivity index is 1.27. The third-order valence-corrected chi connectivity index (χ3v) is 15.1. The van der Waals surface area contributed by atoms with Crippen molar-refractivity contribution in [1.82, 2.24) is 4.98 Å². The summed E-state index contributed by atoms with van der Waals surface area (Å²) in [6, 6.07) is 11.3. The molecule has 0 aliphatic heterocycles. The molecule has 4 saturated carbocycles. The van der Waals surface area contributed by atoms with Gasteiger partial charge in [0.1, 0.15) is 0 Å². The number of allylic oxidation sites excluding steroid dienone is 1. The van der Waals surface area contributed by atoms with E-state index >= 15 is 0 Å². The first-order valence-corrected chi connectivity index (χ1v) is 17.1. The van der Waals surface area contributed by atoms with E-state index in [4.69, 9.17) is 10.00 Å². The smallest absolute Gasteiger partial charge is 0.0645 e. The number of aromatic amines is 1. The van der Waals surface area contributed by atoms with Crippen molar-refractivity contribution >= 4 is 10.9 Å². The van der Waals surface area contributed by atoms with Crippen LogP contribution in [0.4, 0.5) is 0 Å². The molecule has 2 aromatic rings. The highest BCUT2D eigenvalue weighted by atomic mass is 16.5. The number of benzene rings is 1. The molecule has 0 amide bonds. The summed E-state index contributed by atoms with van der Waals surface area (Å²) in [6.45, 7) is 21.6. The van der Waals surface area contributed by atoms with Crippen LogP contribution in [-0.2, 0) is 16.6 Å². The fraction of sp³-hybridized carbons (Fsp3) is 0.718. The van der Waals surface area contributed by atoms with E-state index in [1.807, 2.05) is 0 Å². The van der Waals surface area contributed by atoms with Crippen LogP contribution in [-0.4, -0.2) is 18.2 Å². The van der Waals surface area contributed by atoms with Crippen LogP contribution in [0.2, 0.25) is 0 Å². The van der Waals surface area contributed by atoms with Crippen LogP contribution in [0.5, 0.6) is 0 Å². The van der Waals surface area contributed by atoms with Crippen LogP contribution in [0.1, 0.15) is 111 Å². The molecular formula is C39H54N2O. The molecule has 226 valence electrons. The summed E-state index contributed by atoms with van der Waals surface area (Å²) in [7, 11) is 0. The van der Waals surface area contributed by atoms with Gasteiger partial charge in [0.15, 0.2) is 0 Å². The quantitative estimate of drug-likeness (QED) is 0.289. The molecule has 5 aliphatic carbocycles. The molecule has 0 bridgehead atoms. The van der Waals surface area contributed by atoms with E-state index in [0.29, 0.717) is 47.0 Å². The van der Waals surface area contributed by atoms with Crippen LogP contribution in [0.25, 0.3) is 10.9 Å². The van der Waals surface area contributed by atoms with Crippen molar-refractivity contribution in [2.24, 2.45) is 51.2 Å². The van der Waals surface area contributed by atoms with Crippen molar-refractivity contribution < 1.29 is 4.74 Å². The van der Waals surface area contributed by atoms with E-state index in [1.54, 1.807) is 5.56 Å². The number of nitrogens with zero attached hydrogens (tertiary/aromatic N) is 1. The lowest BCUT2D eigenvalue weighted by atomic mass is 9.32. The summed E-state index contributed by atoms with van der Waals surface area (Å²) in [6.07, 6.45) is 12.3. The molecule has 0 saturated heterocycles. The minimum atomic E-state index is 0.152. The summed E-state index contributed by atoms with van der Waals surface area (Å²) in [5.41, 5.74) is 7.25. The molecule has 0 radical (unpaired) electrons. The van der Waals surface area contributed by atoms with Gasteiger partial charge in [-0.1, -0.05) is 65.0 Å². The summed E-state index contributed by atoms with van der Waals surface area (Å²) >= 11 is 0. The summed E-state index contributed by atoms with van der Waals surface area (Å²) in [5.74, 6) is 3.47. The van der Waals surface area contributed by atoms with Gasteiger partial charge in [-0.25, -0.2) is 0 Å². The molecule has 1 aromatic heterocycles. The molecule has 4 fully saturated rings. The predicted molar refractivity (Wildman–Crippen MR) is 172 cm³/mol. The van der Waals surface area contributed by atoms with Crippen LogP contribution < -0.4 is 0 Å². The second-order valence-corrected chi connectivity index (χ2v) is 16.9. The van der Waals surface area contributed by atoms with Gasteiger partial charge >= 0.3 is 0 Å². The zero-order chi connectivity index (χ0) is 29.7. The number of aromatic nitrogens is 1. The third-order valence-electron chi connectivity index (χ3n) is 15.1. The SMILES string of the molecule is C=C(C)[C@@H]1CC[C@]2(COCCC#N)CC[C@]3(C)[C@H](CC[C@@H]4[C@@]5(C)Cc6c([nH]c7ccccc67)C(C)(C)[C@@H]5CC[C@]43C)[C@@H]12. The van der Waals surface area contributed by atoms with Crippen molar-refractivity contribution in [2.45, 2.75) is 111 Å². The van der Waals surface area contributed by atoms with Gasteiger partial charge in [-0.15, -0.1) is 0 Å². The van der Waals surface area contributed by atoms with Gasteiger partial charge in [0.25, 0.3) is 0 Å². The van der Waals surface area contributed by atoms with Crippen molar-refractivity contribution in [2.75, 3.05) is 13.2 Å². The molecule has 42 heavy (non-hydrogen) atoms. The first-order valence-electron chi connectivity index (χ1n) is 17.1. The standard InChI is InChI=1S/C39H54N2O/c1-25(2)26-15-18-39(24-42-22-10-21-40)20-19-37(6)29(33(26)39)13-14-32-36(5)23-28-27-11-8-9-12-30(27)41-34(28)35(3,4)31(36)16-17-38(32,37)7/h8-9,11-12,26,29,31-33,41H,1,10,13-20,22-24H2,2-7H3/t26-,29+,31-,32+,33+,36-,37+,38+,39+/m0/s1. The molecule has 3 heteroatoms. The number of H-pyrrole nitrogens is 1. The molecule has 0 spiro atoms. The molecule has 7 rings (SSSR count). The molecule has 3 nitrogen and oxygen atoms in total. The Morgan fingerprint density at radius 2 is 1.76 bits per heavy atom.